The number of rotatable bonds is 5. The average molecular weight is 267 g/mol. The van der Waals surface area contributed by atoms with Gasteiger partial charge < -0.3 is 15.5 Å². The van der Waals surface area contributed by atoms with E-state index in [1.165, 1.54) is 19.4 Å². The molecule has 2 fully saturated rings. The summed E-state index contributed by atoms with van der Waals surface area (Å²) in [4.78, 5) is 14.9. The van der Waals surface area contributed by atoms with Gasteiger partial charge in [0.1, 0.15) is 0 Å². The molecule has 0 bridgehead atoms. The Morgan fingerprint density at radius 3 is 2.95 bits per heavy atom. The first-order valence-corrected chi connectivity index (χ1v) is 7.88. The van der Waals surface area contributed by atoms with Crippen LogP contribution in [0.3, 0.4) is 0 Å². The highest BCUT2D eigenvalue weighted by molar-refractivity contribution is 5.86. The molecule has 4 nitrogen and oxygen atoms in total. The van der Waals surface area contributed by atoms with Crippen LogP contribution in [0, 0.1) is 5.92 Å². The van der Waals surface area contributed by atoms with Gasteiger partial charge in [0.15, 0.2) is 0 Å². The lowest BCUT2D eigenvalue weighted by Crippen LogP contribution is -2.54. The van der Waals surface area contributed by atoms with E-state index < -0.39 is 0 Å². The molecule has 0 spiro atoms. The maximum atomic E-state index is 12.5. The standard InChI is InChI=1S/C15H29N3O/c1-3-7-15(8-5-9-17-15)14(19)16-11-13-6-4-10-18(2)12-13/h13,17H,3-12H2,1-2H3,(H,16,19). The molecule has 0 aromatic rings. The van der Waals surface area contributed by atoms with E-state index in [1.54, 1.807) is 0 Å². The van der Waals surface area contributed by atoms with E-state index in [9.17, 15) is 4.79 Å². The summed E-state index contributed by atoms with van der Waals surface area (Å²) >= 11 is 0. The van der Waals surface area contributed by atoms with Crippen LogP contribution in [0.4, 0.5) is 0 Å². The van der Waals surface area contributed by atoms with E-state index in [1.807, 2.05) is 0 Å². The highest BCUT2D eigenvalue weighted by Crippen LogP contribution is 2.25. The number of likely N-dealkylation sites (tertiary alicyclic amines) is 1. The van der Waals surface area contributed by atoms with Gasteiger partial charge in [-0.1, -0.05) is 13.3 Å². The van der Waals surface area contributed by atoms with Gasteiger partial charge in [-0.15, -0.1) is 0 Å². The second-order valence-corrected chi connectivity index (χ2v) is 6.34. The molecule has 2 unspecified atom stereocenters. The van der Waals surface area contributed by atoms with Gasteiger partial charge in [-0.25, -0.2) is 0 Å². The third-order valence-corrected chi connectivity index (χ3v) is 4.63. The summed E-state index contributed by atoms with van der Waals surface area (Å²) in [6.45, 7) is 6.31. The summed E-state index contributed by atoms with van der Waals surface area (Å²) in [6.07, 6.45) is 6.65. The van der Waals surface area contributed by atoms with Gasteiger partial charge >= 0.3 is 0 Å². The van der Waals surface area contributed by atoms with Crippen LogP contribution in [-0.4, -0.2) is 49.6 Å². The molecule has 4 heteroatoms. The molecule has 2 N–H and O–H groups in total. The first-order valence-electron chi connectivity index (χ1n) is 7.88. The molecule has 0 aromatic carbocycles. The predicted molar refractivity (Wildman–Crippen MR) is 78.1 cm³/mol. The van der Waals surface area contributed by atoms with E-state index >= 15 is 0 Å². The zero-order valence-electron chi connectivity index (χ0n) is 12.5. The van der Waals surface area contributed by atoms with Crippen molar-refractivity contribution in [1.82, 2.24) is 15.5 Å². The summed E-state index contributed by atoms with van der Waals surface area (Å²) in [7, 11) is 2.17. The Morgan fingerprint density at radius 2 is 2.32 bits per heavy atom. The molecule has 0 aromatic heterocycles. The minimum Gasteiger partial charge on any atom is -0.354 e. The summed E-state index contributed by atoms with van der Waals surface area (Å²) in [5.41, 5.74) is -0.269. The summed E-state index contributed by atoms with van der Waals surface area (Å²) < 4.78 is 0. The maximum absolute atomic E-state index is 12.5. The van der Waals surface area contributed by atoms with Crippen molar-refractivity contribution >= 4 is 5.91 Å². The lowest BCUT2D eigenvalue weighted by Gasteiger charge is -2.32. The molecular formula is C15H29N3O. The Morgan fingerprint density at radius 1 is 1.47 bits per heavy atom. The third kappa shape index (κ3) is 3.69. The lowest BCUT2D eigenvalue weighted by atomic mass is 9.90. The fourth-order valence-corrected chi connectivity index (χ4v) is 3.60. The van der Waals surface area contributed by atoms with E-state index in [-0.39, 0.29) is 11.4 Å². The Kier molecular flexibility index (Phi) is 5.22. The van der Waals surface area contributed by atoms with Crippen LogP contribution in [0.1, 0.15) is 45.4 Å². The summed E-state index contributed by atoms with van der Waals surface area (Å²) in [5, 5.41) is 6.66. The first kappa shape index (κ1) is 14.8. The topological polar surface area (TPSA) is 44.4 Å². The molecule has 0 aliphatic carbocycles. The van der Waals surface area contributed by atoms with Crippen LogP contribution in [0.2, 0.25) is 0 Å². The smallest absolute Gasteiger partial charge is 0.240 e. The molecule has 2 aliphatic heterocycles. The molecule has 2 heterocycles. The van der Waals surface area contributed by atoms with Crippen molar-refractivity contribution in [3.05, 3.63) is 0 Å². The van der Waals surface area contributed by atoms with E-state index in [2.05, 4.69) is 29.5 Å². The maximum Gasteiger partial charge on any atom is 0.240 e. The Balaban J connectivity index is 1.82. The van der Waals surface area contributed by atoms with Crippen LogP contribution in [0.5, 0.6) is 0 Å². The fourth-order valence-electron chi connectivity index (χ4n) is 3.60. The van der Waals surface area contributed by atoms with Crippen LogP contribution in [0.15, 0.2) is 0 Å². The molecule has 2 aliphatic rings. The minimum atomic E-state index is -0.269. The van der Waals surface area contributed by atoms with Gasteiger partial charge in [-0.05, 0) is 58.2 Å². The van der Waals surface area contributed by atoms with E-state index in [0.29, 0.717) is 5.92 Å². The minimum absolute atomic E-state index is 0.236. The monoisotopic (exact) mass is 267 g/mol. The second-order valence-electron chi connectivity index (χ2n) is 6.34. The lowest BCUT2D eigenvalue weighted by molar-refractivity contribution is -0.127. The van der Waals surface area contributed by atoms with Crippen LogP contribution < -0.4 is 10.6 Å². The van der Waals surface area contributed by atoms with Crippen molar-refractivity contribution in [3.8, 4) is 0 Å². The molecule has 110 valence electrons. The van der Waals surface area contributed by atoms with E-state index in [0.717, 1.165) is 45.3 Å². The van der Waals surface area contributed by atoms with Gasteiger partial charge in [0.2, 0.25) is 5.91 Å². The number of hydrogen-bond acceptors (Lipinski definition) is 3. The predicted octanol–water partition coefficient (Wildman–Crippen LogP) is 1.37. The molecule has 0 radical (unpaired) electrons. The SMILES string of the molecule is CCCC1(C(=O)NCC2CCCN(C)C2)CCCN1. The molecule has 2 rings (SSSR count). The third-order valence-electron chi connectivity index (χ3n) is 4.63. The number of carbonyl (C=O) groups excluding carboxylic acids is 1. The molecule has 2 saturated heterocycles. The second kappa shape index (κ2) is 6.71. The van der Waals surface area contributed by atoms with Crippen molar-refractivity contribution < 1.29 is 4.79 Å². The van der Waals surface area contributed by atoms with E-state index in [4.69, 9.17) is 0 Å². The summed E-state index contributed by atoms with van der Waals surface area (Å²) in [6, 6.07) is 0. The van der Waals surface area contributed by atoms with Crippen molar-refractivity contribution in [2.75, 3.05) is 33.2 Å². The zero-order chi connectivity index (χ0) is 13.7. The summed E-state index contributed by atoms with van der Waals surface area (Å²) in [5.74, 6) is 0.864. The number of nitrogens with zero attached hydrogens (tertiary/aromatic N) is 1. The van der Waals surface area contributed by atoms with Crippen molar-refractivity contribution in [2.24, 2.45) is 5.92 Å². The number of nitrogens with one attached hydrogen (secondary N) is 2. The highest BCUT2D eigenvalue weighted by Gasteiger charge is 2.39. The molecule has 1 amide bonds. The fraction of sp³-hybridized carbons (Fsp3) is 0.933. The number of amides is 1. The Bertz CT molecular complexity index is 300. The van der Waals surface area contributed by atoms with Crippen molar-refractivity contribution in [2.45, 2.75) is 51.0 Å². The number of carbonyl (C=O) groups is 1. The highest BCUT2D eigenvalue weighted by atomic mass is 16.2. The Labute approximate surface area is 117 Å². The zero-order valence-corrected chi connectivity index (χ0v) is 12.5. The first-order chi connectivity index (χ1) is 9.16. The van der Waals surface area contributed by atoms with Crippen LogP contribution in [0.25, 0.3) is 0 Å². The number of hydrogen-bond donors (Lipinski definition) is 2. The van der Waals surface area contributed by atoms with Gasteiger partial charge in [0.25, 0.3) is 0 Å². The largest absolute Gasteiger partial charge is 0.354 e. The van der Waals surface area contributed by atoms with Crippen molar-refractivity contribution in [3.63, 3.8) is 0 Å². The van der Waals surface area contributed by atoms with Gasteiger partial charge in [-0.2, -0.15) is 0 Å². The van der Waals surface area contributed by atoms with Crippen molar-refractivity contribution in [1.29, 1.82) is 0 Å². The molecule has 2 atom stereocenters. The van der Waals surface area contributed by atoms with Gasteiger partial charge in [0.05, 0.1) is 5.54 Å². The molecular weight excluding hydrogens is 238 g/mol. The van der Waals surface area contributed by atoms with Crippen LogP contribution in [-0.2, 0) is 4.79 Å². The molecule has 0 saturated carbocycles. The number of piperidine rings is 1. The molecule has 19 heavy (non-hydrogen) atoms. The van der Waals surface area contributed by atoms with Crippen LogP contribution >= 0.6 is 0 Å². The quantitative estimate of drug-likeness (QED) is 0.791. The average Bonchev–Trinajstić information content (AvgIpc) is 2.86. The van der Waals surface area contributed by atoms with Gasteiger partial charge in [0, 0.05) is 13.1 Å². The Hall–Kier alpha value is -0.610. The normalized spacial score (nSPS) is 32.4. The van der Waals surface area contributed by atoms with Gasteiger partial charge in [-0.3, -0.25) is 4.79 Å².